The molecule has 1 aromatic heterocycles. The van der Waals surface area contributed by atoms with Gasteiger partial charge in [0.15, 0.2) is 0 Å². The van der Waals surface area contributed by atoms with Crippen molar-refractivity contribution in [3.05, 3.63) is 11.6 Å². The molecule has 3 heteroatoms. The van der Waals surface area contributed by atoms with E-state index in [4.69, 9.17) is 0 Å². The summed E-state index contributed by atoms with van der Waals surface area (Å²) < 4.78 is 2.28. The molecule has 0 N–H and O–H groups in total. The Labute approximate surface area is 72.8 Å². The number of aromatic nitrogens is 3. The average Bonchev–Trinajstić information content (AvgIpc) is 2.61. The lowest BCUT2D eigenvalue weighted by molar-refractivity contribution is 0.494. The third-order valence-electron chi connectivity index (χ3n) is 2.73. The van der Waals surface area contributed by atoms with E-state index in [0.717, 1.165) is 11.6 Å². The molecule has 1 heterocycles. The maximum Gasteiger partial charge on any atom is 0.130 e. The minimum Gasteiger partial charge on any atom is -0.312 e. The molecule has 0 unspecified atom stereocenters. The van der Waals surface area contributed by atoms with Gasteiger partial charge in [-0.1, -0.05) is 12.8 Å². The van der Waals surface area contributed by atoms with Crippen LogP contribution in [0.5, 0.6) is 0 Å². The molecule has 1 aliphatic rings. The van der Waals surface area contributed by atoms with E-state index in [-0.39, 0.29) is 0 Å². The summed E-state index contributed by atoms with van der Waals surface area (Å²) in [7, 11) is 0. The van der Waals surface area contributed by atoms with Crippen LogP contribution in [0.1, 0.15) is 43.4 Å². The van der Waals surface area contributed by atoms with Crippen LogP contribution in [0.2, 0.25) is 0 Å². The first-order chi connectivity index (χ1) is 5.79. The first-order valence-corrected chi connectivity index (χ1v) is 4.67. The fourth-order valence-corrected chi connectivity index (χ4v) is 2.17. The summed E-state index contributed by atoms with van der Waals surface area (Å²) in [5.41, 5.74) is 0. The zero-order valence-electron chi connectivity index (χ0n) is 7.75. The molecule has 1 aromatic rings. The van der Waals surface area contributed by atoms with Gasteiger partial charge in [0, 0.05) is 6.04 Å². The molecule has 1 fully saturated rings. The van der Waals surface area contributed by atoms with Crippen molar-refractivity contribution in [1.29, 1.82) is 0 Å². The summed E-state index contributed by atoms with van der Waals surface area (Å²) in [5.74, 6) is 2.14. The van der Waals surface area contributed by atoms with Crippen molar-refractivity contribution in [3.63, 3.8) is 0 Å². The Morgan fingerprint density at radius 1 is 1.08 bits per heavy atom. The number of rotatable bonds is 1. The summed E-state index contributed by atoms with van der Waals surface area (Å²) in [4.78, 5) is 0. The molecule has 0 atom stereocenters. The number of nitrogens with zero attached hydrogens (tertiary/aromatic N) is 3. The number of hydrogen-bond acceptors (Lipinski definition) is 2. The Balaban J connectivity index is 2.30. The molecule has 1 aliphatic carbocycles. The van der Waals surface area contributed by atoms with E-state index in [0.29, 0.717) is 6.04 Å². The predicted molar refractivity (Wildman–Crippen MR) is 47.0 cm³/mol. The van der Waals surface area contributed by atoms with Crippen molar-refractivity contribution in [2.75, 3.05) is 0 Å². The van der Waals surface area contributed by atoms with Gasteiger partial charge in [0.05, 0.1) is 0 Å². The molecule has 0 bridgehead atoms. The van der Waals surface area contributed by atoms with E-state index in [1.165, 1.54) is 25.7 Å². The van der Waals surface area contributed by atoms with Gasteiger partial charge in [0.1, 0.15) is 11.6 Å². The third kappa shape index (κ3) is 1.13. The summed E-state index contributed by atoms with van der Waals surface area (Å²) in [6, 6.07) is 0.681. The first-order valence-electron chi connectivity index (χ1n) is 4.67. The van der Waals surface area contributed by atoms with Gasteiger partial charge in [-0.3, -0.25) is 0 Å². The second kappa shape index (κ2) is 2.88. The molecule has 0 radical (unpaired) electrons. The lowest BCUT2D eigenvalue weighted by Gasteiger charge is -2.13. The fourth-order valence-electron chi connectivity index (χ4n) is 2.17. The van der Waals surface area contributed by atoms with Crippen molar-refractivity contribution < 1.29 is 0 Å². The molecule has 1 saturated carbocycles. The normalized spacial score (nSPS) is 18.8. The van der Waals surface area contributed by atoms with Crippen LogP contribution in [0.3, 0.4) is 0 Å². The van der Waals surface area contributed by atoms with Crippen molar-refractivity contribution in [1.82, 2.24) is 14.8 Å². The summed E-state index contributed by atoms with van der Waals surface area (Å²) >= 11 is 0. The van der Waals surface area contributed by atoms with Gasteiger partial charge in [-0.25, -0.2) is 0 Å². The summed E-state index contributed by atoms with van der Waals surface area (Å²) in [5, 5.41) is 8.15. The predicted octanol–water partition coefficient (Wildman–Crippen LogP) is 2.01. The van der Waals surface area contributed by atoms with Crippen LogP contribution in [-0.4, -0.2) is 14.8 Å². The van der Waals surface area contributed by atoms with E-state index in [2.05, 4.69) is 14.8 Å². The lowest BCUT2D eigenvalue weighted by Crippen LogP contribution is -2.08. The molecule has 0 amide bonds. The first kappa shape index (κ1) is 7.77. The van der Waals surface area contributed by atoms with Gasteiger partial charge < -0.3 is 4.57 Å². The zero-order valence-corrected chi connectivity index (χ0v) is 7.75. The van der Waals surface area contributed by atoms with Gasteiger partial charge >= 0.3 is 0 Å². The molecule has 0 saturated heterocycles. The van der Waals surface area contributed by atoms with E-state index >= 15 is 0 Å². The molecular weight excluding hydrogens is 150 g/mol. The molecule has 66 valence electrons. The van der Waals surface area contributed by atoms with Gasteiger partial charge in [-0.05, 0) is 26.7 Å². The lowest BCUT2D eigenvalue weighted by atomic mass is 10.2. The third-order valence-corrected chi connectivity index (χ3v) is 2.73. The molecule has 0 spiro atoms. The smallest absolute Gasteiger partial charge is 0.130 e. The van der Waals surface area contributed by atoms with Crippen molar-refractivity contribution in [2.24, 2.45) is 0 Å². The zero-order chi connectivity index (χ0) is 8.55. The molecule has 12 heavy (non-hydrogen) atoms. The largest absolute Gasteiger partial charge is 0.312 e. The molecule has 0 aliphatic heterocycles. The Bertz CT molecular complexity index is 252. The van der Waals surface area contributed by atoms with Crippen LogP contribution in [0.15, 0.2) is 0 Å². The average molecular weight is 165 g/mol. The topological polar surface area (TPSA) is 30.7 Å². The highest BCUT2D eigenvalue weighted by molar-refractivity contribution is 4.95. The van der Waals surface area contributed by atoms with Crippen LogP contribution in [0, 0.1) is 13.8 Å². The maximum absolute atomic E-state index is 4.07. The van der Waals surface area contributed by atoms with E-state index in [9.17, 15) is 0 Å². The van der Waals surface area contributed by atoms with Crippen LogP contribution in [0.4, 0.5) is 0 Å². The summed E-state index contributed by atoms with van der Waals surface area (Å²) in [6.07, 6.45) is 5.34. The van der Waals surface area contributed by atoms with E-state index in [1.807, 2.05) is 13.8 Å². The maximum atomic E-state index is 4.07. The minimum absolute atomic E-state index is 0.681. The number of aryl methyl sites for hydroxylation is 2. The van der Waals surface area contributed by atoms with Crippen LogP contribution in [-0.2, 0) is 0 Å². The van der Waals surface area contributed by atoms with Crippen LogP contribution >= 0.6 is 0 Å². The summed E-state index contributed by atoms with van der Waals surface area (Å²) in [6.45, 7) is 4.08. The SMILES string of the molecule is Cc1nnc(C)n1C1CCCC1. The van der Waals surface area contributed by atoms with Gasteiger partial charge in [0.2, 0.25) is 0 Å². The highest BCUT2D eigenvalue weighted by Gasteiger charge is 2.20. The van der Waals surface area contributed by atoms with Crippen LogP contribution < -0.4 is 0 Å². The van der Waals surface area contributed by atoms with E-state index in [1.54, 1.807) is 0 Å². The molecule has 2 rings (SSSR count). The quantitative estimate of drug-likeness (QED) is 0.637. The van der Waals surface area contributed by atoms with Crippen molar-refractivity contribution in [3.8, 4) is 0 Å². The highest BCUT2D eigenvalue weighted by Crippen LogP contribution is 2.30. The Kier molecular flexibility index (Phi) is 1.87. The molecule has 0 aromatic carbocycles. The minimum atomic E-state index is 0.681. The number of hydrogen-bond donors (Lipinski definition) is 0. The highest BCUT2D eigenvalue weighted by atomic mass is 15.3. The van der Waals surface area contributed by atoms with Crippen molar-refractivity contribution in [2.45, 2.75) is 45.6 Å². The second-order valence-electron chi connectivity index (χ2n) is 3.60. The van der Waals surface area contributed by atoms with Crippen LogP contribution in [0.25, 0.3) is 0 Å². The second-order valence-corrected chi connectivity index (χ2v) is 3.60. The monoisotopic (exact) mass is 165 g/mol. The van der Waals surface area contributed by atoms with E-state index < -0.39 is 0 Å². The Morgan fingerprint density at radius 3 is 2.08 bits per heavy atom. The standard InChI is InChI=1S/C9H15N3/c1-7-10-11-8(2)12(7)9-5-3-4-6-9/h9H,3-6H2,1-2H3. The Morgan fingerprint density at radius 2 is 1.58 bits per heavy atom. The molecule has 3 nitrogen and oxygen atoms in total. The fraction of sp³-hybridized carbons (Fsp3) is 0.778. The van der Waals surface area contributed by atoms with Gasteiger partial charge in [0.25, 0.3) is 0 Å². The Hall–Kier alpha value is -0.860. The molecular formula is C9H15N3. The van der Waals surface area contributed by atoms with Crippen molar-refractivity contribution >= 4 is 0 Å². The van der Waals surface area contributed by atoms with Gasteiger partial charge in [-0.2, -0.15) is 0 Å². The van der Waals surface area contributed by atoms with Gasteiger partial charge in [-0.15, -0.1) is 10.2 Å².